The summed E-state index contributed by atoms with van der Waals surface area (Å²) in [4.78, 5) is 15.7. The number of benzene rings is 2. The van der Waals surface area contributed by atoms with E-state index >= 15 is 0 Å². The van der Waals surface area contributed by atoms with Gasteiger partial charge in [0, 0.05) is 23.7 Å². The maximum Gasteiger partial charge on any atom is 0.221 e. The number of nitrogens with one attached hydrogen (secondary N) is 1. The summed E-state index contributed by atoms with van der Waals surface area (Å²) < 4.78 is 0. The second-order valence-electron chi connectivity index (χ2n) is 7.48. The molecule has 0 fully saturated rings. The molecule has 0 bridgehead atoms. The van der Waals surface area contributed by atoms with Crippen LogP contribution in [0.1, 0.15) is 31.9 Å². The van der Waals surface area contributed by atoms with E-state index in [2.05, 4.69) is 42.4 Å². The molecule has 0 saturated carbocycles. The standard InChI is InChI=1S/C24H24N4O/c1-15(2)12-17-4-6-19(7-5-17)23-13-21(22(14-25)24(26)28-23)18-8-10-20(11-9-18)27-16(3)29/h4-11,13,15H,12H2,1-3H3,(H2,26,28)(H,27,29). The summed E-state index contributed by atoms with van der Waals surface area (Å²) in [6.07, 6.45) is 1.02. The fourth-order valence-corrected chi connectivity index (χ4v) is 3.28. The number of rotatable bonds is 5. The zero-order valence-electron chi connectivity index (χ0n) is 16.9. The number of nitrogens with two attached hydrogens (primary N) is 1. The van der Waals surface area contributed by atoms with Gasteiger partial charge in [0.1, 0.15) is 17.5 Å². The third kappa shape index (κ3) is 4.80. The summed E-state index contributed by atoms with van der Waals surface area (Å²) in [5.74, 6) is 0.667. The van der Waals surface area contributed by atoms with E-state index in [-0.39, 0.29) is 11.7 Å². The Balaban J connectivity index is 2.01. The first-order chi connectivity index (χ1) is 13.9. The number of anilines is 2. The number of hydrogen-bond acceptors (Lipinski definition) is 4. The van der Waals surface area contributed by atoms with Crippen LogP contribution in [0.25, 0.3) is 22.4 Å². The topological polar surface area (TPSA) is 91.8 Å². The minimum atomic E-state index is -0.133. The molecule has 0 radical (unpaired) electrons. The third-order valence-corrected chi connectivity index (χ3v) is 4.57. The van der Waals surface area contributed by atoms with Crippen molar-refractivity contribution in [3.8, 4) is 28.5 Å². The molecule has 5 heteroatoms. The first-order valence-corrected chi connectivity index (χ1v) is 9.55. The molecule has 3 aromatic rings. The van der Waals surface area contributed by atoms with Crippen molar-refractivity contribution >= 4 is 17.4 Å². The molecule has 3 N–H and O–H groups in total. The Morgan fingerprint density at radius 2 is 1.72 bits per heavy atom. The van der Waals surface area contributed by atoms with Crippen molar-refractivity contribution < 1.29 is 4.79 Å². The first-order valence-electron chi connectivity index (χ1n) is 9.55. The third-order valence-electron chi connectivity index (χ3n) is 4.57. The molecular formula is C24H24N4O. The molecular weight excluding hydrogens is 360 g/mol. The fourth-order valence-electron chi connectivity index (χ4n) is 3.28. The van der Waals surface area contributed by atoms with Crippen molar-refractivity contribution in [1.82, 2.24) is 4.98 Å². The number of pyridine rings is 1. The van der Waals surface area contributed by atoms with Gasteiger partial charge in [0.25, 0.3) is 0 Å². The molecule has 1 heterocycles. The van der Waals surface area contributed by atoms with Crippen molar-refractivity contribution in [3.05, 3.63) is 65.7 Å². The number of aromatic nitrogens is 1. The monoisotopic (exact) mass is 384 g/mol. The number of nitriles is 1. The highest BCUT2D eigenvalue weighted by Gasteiger charge is 2.14. The zero-order chi connectivity index (χ0) is 21.0. The highest BCUT2D eigenvalue weighted by Crippen LogP contribution is 2.32. The number of amides is 1. The molecule has 0 atom stereocenters. The molecule has 1 amide bonds. The van der Waals surface area contributed by atoms with Gasteiger partial charge in [-0.05, 0) is 41.7 Å². The van der Waals surface area contributed by atoms with E-state index in [1.807, 2.05) is 30.3 Å². The molecule has 0 spiro atoms. The highest BCUT2D eigenvalue weighted by atomic mass is 16.1. The predicted molar refractivity (Wildman–Crippen MR) is 117 cm³/mol. The van der Waals surface area contributed by atoms with Crippen molar-refractivity contribution in [3.63, 3.8) is 0 Å². The second-order valence-corrected chi connectivity index (χ2v) is 7.48. The molecule has 0 aliphatic heterocycles. The van der Waals surface area contributed by atoms with Gasteiger partial charge in [-0.1, -0.05) is 50.2 Å². The van der Waals surface area contributed by atoms with E-state index in [4.69, 9.17) is 5.73 Å². The Hall–Kier alpha value is -3.65. The minimum absolute atomic E-state index is 0.133. The Labute approximate surface area is 171 Å². The summed E-state index contributed by atoms with van der Waals surface area (Å²) in [6, 6.07) is 19.6. The lowest BCUT2D eigenvalue weighted by Gasteiger charge is -2.12. The van der Waals surface area contributed by atoms with Crippen LogP contribution in [0.4, 0.5) is 11.5 Å². The summed E-state index contributed by atoms with van der Waals surface area (Å²) >= 11 is 0. The molecule has 1 aromatic heterocycles. The largest absolute Gasteiger partial charge is 0.383 e. The summed E-state index contributed by atoms with van der Waals surface area (Å²) in [7, 11) is 0. The maximum absolute atomic E-state index is 11.2. The molecule has 0 saturated heterocycles. The van der Waals surface area contributed by atoms with Crippen LogP contribution in [0.3, 0.4) is 0 Å². The van der Waals surface area contributed by atoms with E-state index in [0.717, 1.165) is 28.8 Å². The van der Waals surface area contributed by atoms with Crippen LogP contribution >= 0.6 is 0 Å². The Morgan fingerprint density at radius 3 is 2.28 bits per heavy atom. The highest BCUT2D eigenvalue weighted by molar-refractivity contribution is 5.89. The first kappa shape index (κ1) is 20.1. The van der Waals surface area contributed by atoms with Gasteiger partial charge in [0.15, 0.2) is 0 Å². The van der Waals surface area contributed by atoms with Crippen LogP contribution < -0.4 is 11.1 Å². The molecule has 0 aliphatic carbocycles. The van der Waals surface area contributed by atoms with E-state index in [1.54, 1.807) is 12.1 Å². The number of hydrogen-bond donors (Lipinski definition) is 2. The number of carbonyl (C=O) groups is 1. The number of nitrogen functional groups attached to an aromatic ring is 1. The molecule has 5 nitrogen and oxygen atoms in total. The average Bonchev–Trinajstić information content (AvgIpc) is 2.67. The molecule has 146 valence electrons. The van der Waals surface area contributed by atoms with Gasteiger partial charge in [0.2, 0.25) is 5.91 Å². The van der Waals surface area contributed by atoms with Gasteiger partial charge in [0.05, 0.1) is 5.69 Å². The summed E-state index contributed by atoms with van der Waals surface area (Å²) in [5.41, 5.74) is 11.7. The van der Waals surface area contributed by atoms with Gasteiger partial charge < -0.3 is 11.1 Å². The predicted octanol–water partition coefficient (Wildman–Crippen LogP) is 5.03. The van der Waals surface area contributed by atoms with Crippen molar-refractivity contribution in [2.75, 3.05) is 11.1 Å². The van der Waals surface area contributed by atoms with E-state index < -0.39 is 0 Å². The summed E-state index contributed by atoms with van der Waals surface area (Å²) in [6.45, 7) is 5.85. The molecule has 0 unspecified atom stereocenters. The van der Waals surface area contributed by atoms with Crippen LogP contribution in [0, 0.1) is 17.2 Å². The minimum Gasteiger partial charge on any atom is -0.383 e. The average molecular weight is 384 g/mol. The quantitative estimate of drug-likeness (QED) is 0.645. The lowest BCUT2D eigenvalue weighted by Crippen LogP contribution is -2.05. The molecule has 2 aromatic carbocycles. The fraction of sp³-hybridized carbons (Fsp3) is 0.208. The number of carbonyl (C=O) groups excluding carboxylic acids is 1. The van der Waals surface area contributed by atoms with Crippen molar-refractivity contribution in [2.24, 2.45) is 5.92 Å². The molecule has 3 rings (SSSR count). The Morgan fingerprint density at radius 1 is 1.10 bits per heavy atom. The lowest BCUT2D eigenvalue weighted by molar-refractivity contribution is -0.114. The Kier molecular flexibility index (Phi) is 5.94. The van der Waals surface area contributed by atoms with Gasteiger partial charge in [-0.3, -0.25) is 4.79 Å². The van der Waals surface area contributed by atoms with Crippen LogP contribution in [-0.2, 0) is 11.2 Å². The van der Waals surface area contributed by atoms with Gasteiger partial charge in [-0.25, -0.2) is 4.98 Å². The Bertz CT molecular complexity index is 1060. The normalized spacial score (nSPS) is 10.6. The van der Waals surface area contributed by atoms with Gasteiger partial charge in [-0.2, -0.15) is 5.26 Å². The van der Waals surface area contributed by atoms with Crippen LogP contribution in [0.2, 0.25) is 0 Å². The second kappa shape index (κ2) is 8.57. The van der Waals surface area contributed by atoms with Crippen molar-refractivity contribution in [2.45, 2.75) is 27.2 Å². The van der Waals surface area contributed by atoms with Crippen molar-refractivity contribution in [1.29, 1.82) is 5.26 Å². The number of nitrogens with zero attached hydrogens (tertiary/aromatic N) is 2. The van der Waals surface area contributed by atoms with Crippen LogP contribution in [-0.4, -0.2) is 10.9 Å². The van der Waals surface area contributed by atoms with Gasteiger partial charge >= 0.3 is 0 Å². The lowest BCUT2D eigenvalue weighted by atomic mass is 9.97. The van der Waals surface area contributed by atoms with E-state index in [1.165, 1.54) is 12.5 Å². The smallest absolute Gasteiger partial charge is 0.221 e. The molecule has 0 aliphatic rings. The maximum atomic E-state index is 11.2. The van der Waals surface area contributed by atoms with E-state index in [0.29, 0.717) is 17.2 Å². The van der Waals surface area contributed by atoms with Crippen LogP contribution in [0.15, 0.2) is 54.6 Å². The van der Waals surface area contributed by atoms with Crippen LogP contribution in [0.5, 0.6) is 0 Å². The zero-order valence-corrected chi connectivity index (χ0v) is 16.9. The van der Waals surface area contributed by atoms with Gasteiger partial charge in [-0.15, -0.1) is 0 Å². The summed E-state index contributed by atoms with van der Waals surface area (Å²) in [5, 5.41) is 12.3. The SMILES string of the molecule is CC(=O)Nc1ccc(-c2cc(-c3ccc(CC(C)C)cc3)nc(N)c2C#N)cc1. The van der Waals surface area contributed by atoms with E-state index in [9.17, 15) is 10.1 Å². The molecule has 29 heavy (non-hydrogen) atoms.